The summed E-state index contributed by atoms with van der Waals surface area (Å²) in [6.45, 7) is 0.847. The highest BCUT2D eigenvalue weighted by atomic mass is 32.2. The number of rotatable bonds is 5. The molecule has 128 valence electrons. The third-order valence-corrected chi connectivity index (χ3v) is 4.54. The van der Waals surface area contributed by atoms with Crippen LogP contribution in [0.15, 0.2) is 41.3 Å². The first-order valence-electron chi connectivity index (χ1n) is 6.70. The van der Waals surface area contributed by atoms with E-state index in [4.69, 9.17) is 0 Å². The van der Waals surface area contributed by atoms with Gasteiger partial charge in [0.1, 0.15) is 17.5 Å². The van der Waals surface area contributed by atoms with E-state index in [1.807, 2.05) is 0 Å². The van der Waals surface area contributed by atoms with Crippen LogP contribution in [0.1, 0.15) is 5.56 Å². The van der Waals surface area contributed by atoms with Crippen LogP contribution in [0.4, 0.5) is 18.9 Å². The number of nitrogens with one attached hydrogen (secondary N) is 2. The summed E-state index contributed by atoms with van der Waals surface area (Å²) in [4.78, 5) is 10.6. The number of carbonyl (C=O) groups excluding carboxylic acids is 1. The summed E-state index contributed by atoms with van der Waals surface area (Å²) >= 11 is 0. The summed E-state index contributed by atoms with van der Waals surface area (Å²) < 4.78 is 65.8. The van der Waals surface area contributed by atoms with Crippen LogP contribution >= 0.6 is 0 Å². The molecule has 0 radical (unpaired) electrons. The Hall–Kier alpha value is -2.39. The number of halogens is 3. The van der Waals surface area contributed by atoms with Gasteiger partial charge in [-0.25, -0.2) is 26.3 Å². The molecule has 0 aliphatic heterocycles. The van der Waals surface area contributed by atoms with Crippen molar-refractivity contribution in [2.45, 2.75) is 11.8 Å². The Morgan fingerprint density at radius 2 is 1.71 bits per heavy atom. The van der Waals surface area contributed by atoms with E-state index < -0.39 is 44.8 Å². The number of sulfonamides is 1. The van der Waals surface area contributed by atoms with Gasteiger partial charge in [0.15, 0.2) is 4.90 Å². The van der Waals surface area contributed by atoms with Crippen molar-refractivity contribution in [3.8, 4) is 0 Å². The molecule has 0 spiro atoms. The molecule has 0 aliphatic rings. The molecule has 0 saturated heterocycles. The predicted molar refractivity (Wildman–Crippen MR) is 81.3 cm³/mol. The highest BCUT2D eigenvalue weighted by Crippen LogP contribution is 2.18. The van der Waals surface area contributed by atoms with Gasteiger partial charge in [-0.2, -0.15) is 0 Å². The molecule has 24 heavy (non-hydrogen) atoms. The molecular weight excluding hydrogens is 345 g/mol. The predicted octanol–water partition coefficient (Wildman–Crippen LogP) is 2.33. The molecular formula is C15H13F3N2O3S. The van der Waals surface area contributed by atoms with Crippen LogP contribution < -0.4 is 10.0 Å². The monoisotopic (exact) mass is 358 g/mol. The molecule has 0 heterocycles. The zero-order valence-electron chi connectivity index (χ0n) is 12.4. The molecule has 0 fully saturated rings. The lowest BCUT2D eigenvalue weighted by Gasteiger charge is -2.10. The lowest BCUT2D eigenvalue weighted by atomic mass is 10.2. The van der Waals surface area contributed by atoms with E-state index in [1.165, 1.54) is 12.1 Å². The van der Waals surface area contributed by atoms with Crippen molar-refractivity contribution in [2.75, 3.05) is 11.9 Å². The second-order valence-electron chi connectivity index (χ2n) is 4.88. The van der Waals surface area contributed by atoms with Gasteiger partial charge in [-0.1, -0.05) is 12.1 Å². The van der Waals surface area contributed by atoms with Gasteiger partial charge in [0.2, 0.25) is 15.9 Å². The van der Waals surface area contributed by atoms with Crippen molar-refractivity contribution in [2.24, 2.45) is 0 Å². The zero-order valence-corrected chi connectivity index (χ0v) is 13.3. The first kappa shape index (κ1) is 18.0. The molecule has 2 aromatic carbocycles. The first-order valence-corrected chi connectivity index (χ1v) is 8.18. The minimum absolute atomic E-state index is 0.163. The normalized spacial score (nSPS) is 11.3. The number of carbonyl (C=O) groups is 1. The third kappa shape index (κ3) is 4.12. The van der Waals surface area contributed by atoms with Crippen molar-refractivity contribution < 1.29 is 26.4 Å². The lowest BCUT2D eigenvalue weighted by molar-refractivity contribution is -0.115. The summed E-state index contributed by atoms with van der Waals surface area (Å²) in [6, 6.07) is 6.29. The Balaban J connectivity index is 2.09. The second kappa shape index (κ2) is 7.02. The standard InChI is InChI=1S/C15H13F3N2O3S/c1-9-5-6-10(16)7-13(9)20-14(21)8-19-24(22,23)15-11(17)3-2-4-12(15)18/h2-7,19H,8H2,1H3,(H,20,21). The second-order valence-corrected chi connectivity index (χ2v) is 6.59. The number of aryl methyl sites for hydroxylation is 1. The molecule has 9 heteroatoms. The lowest BCUT2D eigenvalue weighted by Crippen LogP contribution is -2.34. The van der Waals surface area contributed by atoms with Crippen molar-refractivity contribution in [3.05, 3.63) is 59.4 Å². The molecule has 2 rings (SSSR count). The van der Waals surface area contributed by atoms with Crippen LogP contribution in [0.2, 0.25) is 0 Å². The topological polar surface area (TPSA) is 75.3 Å². The Kier molecular flexibility index (Phi) is 5.25. The van der Waals surface area contributed by atoms with E-state index >= 15 is 0 Å². The number of amides is 1. The average Bonchev–Trinajstić information content (AvgIpc) is 2.49. The maximum Gasteiger partial charge on any atom is 0.246 e. The fourth-order valence-corrected chi connectivity index (χ4v) is 3.01. The summed E-state index contributed by atoms with van der Waals surface area (Å²) in [5.41, 5.74) is 0.726. The van der Waals surface area contributed by atoms with Crippen molar-refractivity contribution in [1.82, 2.24) is 4.72 Å². The van der Waals surface area contributed by atoms with Crippen LogP contribution in [0.25, 0.3) is 0 Å². The number of benzene rings is 2. The fourth-order valence-electron chi connectivity index (χ4n) is 1.90. The summed E-state index contributed by atoms with van der Waals surface area (Å²) in [7, 11) is -4.56. The van der Waals surface area contributed by atoms with E-state index in [0.717, 1.165) is 24.3 Å². The van der Waals surface area contributed by atoms with Gasteiger partial charge >= 0.3 is 0 Å². The molecule has 0 atom stereocenters. The number of anilines is 1. The molecule has 0 unspecified atom stereocenters. The first-order chi connectivity index (χ1) is 11.2. The summed E-state index contributed by atoms with van der Waals surface area (Å²) in [5, 5.41) is 2.31. The van der Waals surface area contributed by atoms with E-state index in [1.54, 1.807) is 11.6 Å². The van der Waals surface area contributed by atoms with Gasteiger partial charge in [0.05, 0.1) is 6.54 Å². The minimum Gasteiger partial charge on any atom is -0.325 e. The minimum atomic E-state index is -4.56. The van der Waals surface area contributed by atoms with Crippen LogP contribution in [0.3, 0.4) is 0 Å². The van der Waals surface area contributed by atoms with E-state index in [9.17, 15) is 26.4 Å². The van der Waals surface area contributed by atoms with Crippen molar-refractivity contribution >= 4 is 21.6 Å². The maximum absolute atomic E-state index is 13.5. The number of hydrogen-bond acceptors (Lipinski definition) is 3. The van der Waals surface area contributed by atoms with Crippen LogP contribution in [0, 0.1) is 24.4 Å². The number of hydrogen-bond donors (Lipinski definition) is 2. The van der Waals surface area contributed by atoms with E-state index in [2.05, 4.69) is 5.32 Å². The van der Waals surface area contributed by atoms with Gasteiger partial charge in [-0.15, -0.1) is 0 Å². The van der Waals surface area contributed by atoms with E-state index in [-0.39, 0.29) is 5.69 Å². The Morgan fingerprint density at radius 3 is 2.33 bits per heavy atom. The van der Waals surface area contributed by atoms with Crippen molar-refractivity contribution in [3.63, 3.8) is 0 Å². The third-order valence-electron chi connectivity index (χ3n) is 3.08. The Morgan fingerprint density at radius 1 is 1.08 bits per heavy atom. The molecule has 5 nitrogen and oxygen atoms in total. The molecule has 2 N–H and O–H groups in total. The fraction of sp³-hybridized carbons (Fsp3) is 0.133. The van der Waals surface area contributed by atoms with Crippen molar-refractivity contribution in [1.29, 1.82) is 0 Å². The molecule has 0 aromatic heterocycles. The highest BCUT2D eigenvalue weighted by Gasteiger charge is 2.24. The summed E-state index contributed by atoms with van der Waals surface area (Å²) in [5.74, 6) is -3.94. The van der Waals surface area contributed by atoms with Gasteiger partial charge in [0.25, 0.3) is 0 Å². The quantitative estimate of drug-likeness (QED) is 0.861. The molecule has 0 saturated carbocycles. The van der Waals surface area contributed by atoms with Crippen LogP contribution in [0.5, 0.6) is 0 Å². The summed E-state index contributed by atoms with van der Waals surface area (Å²) in [6.07, 6.45) is 0. The Labute approximate surface area is 136 Å². The molecule has 2 aromatic rings. The Bertz CT molecular complexity index is 865. The zero-order chi connectivity index (χ0) is 17.9. The molecule has 0 bridgehead atoms. The van der Waals surface area contributed by atoms with E-state index in [0.29, 0.717) is 5.56 Å². The van der Waals surface area contributed by atoms with Gasteiger partial charge in [-0.3, -0.25) is 4.79 Å². The van der Waals surface area contributed by atoms with Crippen LogP contribution in [-0.2, 0) is 14.8 Å². The SMILES string of the molecule is Cc1ccc(F)cc1NC(=O)CNS(=O)(=O)c1c(F)cccc1F. The van der Waals surface area contributed by atoms with Gasteiger partial charge in [0, 0.05) is 5.69 Å². The molecule has 1 amide bonds. The smallest absolute Gasteiger partial charge is 0.246 e. The highest BCUT2D eigenvalue weighted by molar-refractivity contribution is 7.89. The van der Waals surface area contributed by atoms with Gasteiger partial charge in [-0.05, 0) is 36.8 Å². The van der Waals surface area contributed by atoms with Crippen LogP contribution in [-0.4, -0.2) is 20.9 Å². The molecule has 0 aliphatic carbocycles. The maximum atomic E-state index is 13.5. The van der Waals surface area contributed by atoms with Gasteiger partial charge < -0.3 is 5.32 Å². The average molecular weight is 358 g/mol. The largest absolute Gasteiger partial charge is 0.325 e.